The Hall–Kier alpha value is -2.20. The molecule has 0 radical (unpaired) electrons. The van der Waals surface area contributed by atoms with Crippen LogP contribution in [0.5, 0.6) is 0 Å². The van der Waals surface area contributed by atoms with E-state index in [-0.39, 0.29) is 6.04 Å². The molecule has 3 rings (SSSR count). The monoisotopic (exact) mass is 406 g/mol. The van der Waals surface area contributed by atoms with Gasteiger partial charge in [-0.2, -0.15) is 5.10 Å². The van der Waals surface area contributed by atoms with Crippen LogP contribution in [0.25, 0.3) is 11.0 Å². The van der Waals surface area contributed by atoms with Crippen molar-refractivity contribution in [2.45, 2.75) is 57.7 Å². The number of nitrogens with one attached hydrogen (secondary N) is 1. The fourth-order valence-corrected chi connectivity index (χ4v) is 4.02. The molecule has 0 bridgehead atoms. The average molecular weight is 407 g/mol. The van der Waals surface area contributed by atoms with Crippen LogP contribution in [0.2, 0.25) is 25.7 Å². The number of aromatic nitrogens is 4. The molecule has 1 fully saturated rings. The van der Waals surface area contributed by atoms with Gasteiger partial charge in [-0.15, -0.1) is 0 Å². The number of ether oxygens (including phenoxy) is 1. The molecule has 154 valence electrons. The van der Waals surface area contributed by atoms with Crippen LogP contribution in [0.3, 0.4) is 0 Å². The summed E-state index contributed by atoms with van der Waals surface area (Å²) in [5, 5.41) is 17.9. The van der Waals surface area contributed by atoms with Crippen molar-refractivity contribution in [3.8, 4) is 0 Å². The van der Waals surface area contributed by atoms with Gasteiger partial charge in [-0.3, -0.25) is 0 Å². The fourth-order valence-electron chi connectivity index (χ4n) is 3.26. The molecule has 0 spiro atoms. The number of amides is 1. The summed E-state index contributed by atoms with van der Waals surface area (Å²) in [4.78, 5) is 21.6. The third-order valence-electron chi connectivity index (χ3n) is 4.93. The van der Waals surface area contributed by atoms with Crippen LogP contribution in [0.15, 0.2) is 12.5 Å². The predicted molar refractivity (Wildman–Crippen MR) is 110 cm³/mol. The van der Waals surface area contributed by atoms with Gasteiger partial charge in [0.05, 0.1) is 11.6 Å². The smallest absolute Gasteiger partial charge is 0.407 e. The number of rotatable bonds is 7. The summed E-state index contributed by atoms with van der Waals surface area (Å²) < 4.78 is 7.53. The lowest BCUT2D eigenvalue weighted by Gasteiger charge is -2.23. The Morgan fingerprint density at radius 2 is 2.18 bits per heavy atom. The summed E-state index contributed by atoms with van der Waals surface area (Å²) in [7, 11) is -1.12. The van der Waals surface area contributed by atoms with Crippen molar-refractivity contribution < 1.29 is 14.6 Å². The third-order valence-corrected chi connectivity index (χ3v) is 6.63. The maximum atomic E-state index is 11.4. The lowest BCUT2D eigenvalue weighted by molar-refractivity contribution is 0.0813. The zero-order valence-corrected chi connectivity index (χ0v) is 17.9. The van der Waals surface area contributed by atoms with E-state index in [9.17, 15) is 9.90 Å². The Bertz CT molecular complexity index is 806. The van der Waals surface area contributed by atoms with E-state index in [4.69, 9.17) is 4.74 Å². The summed E-state index contributed by atoms with van der Waals surface area (Å²) in [5.74, 6) is 0.690. The average Bonchev–Trinajstić information content (AvgIpc) is 2.89. The zero-order chi connectivity index (χ0) is 20.1. The summed E-state index contributed by atoms with van der Waals surface area (Å²) in [6, 6.07) is 1.13. The lowest BCUT2D eigenvalue weighted by atomic mass is 10.1. The number of fused-ring (bicyclic) bond motifs is 1. The highest BCUT2D eigenvalue weighted by atomic mass is 28.3. The van der Waals surface area contributed by atoms with Crippen LogP contribution in [0, 0.1) is 0 Å². The summed E-state index contributed by atoms with van der Waals surface area (Å²) in [5.41, 5.74) is 0.717. The van der Waals surface area contributed by atoms with Crippen LogP contribution in [0.4, 0.5) is 10.6 Å². The summed E-state index contributed by atoms with van der Waals surface area (Å²) in [6.45, 7) is 9.09. The highest BCUT2D eigenvalue weighted by Gasteiger charge is 2.22. The highest BCUT2D eigenvalue weighted by Crippen LogP contribution is 2.22. The van der Waals surface area contributed by atoms with Crippen LogP contribution >= 0.6 is 0 Å². The van der Waals surface area contributed by atoms with Crippen LogP contribution in [0.1, 0.15) is 19.3 Å². The maximum Gasteiger partial charge on any atom is 0.407 e. The molecule has 28 heavy (non-hydrogen) atoms. The molecule has 1 atom stereocenters. The molecular weight excluding hydrogens is 376 g/mol. The molecule has 2 aromatic heterocycles. The number of carboxylic acid groups (broad SMARTS) is 1. The van der Waals surface area contributed by atoms with Gasteiger partial charge in [0.1, 0.15) is 18.9 Å². The molecule has 0 aromatic carbocycles. The Labute approximate surface area is 166 Å². The molecule has 3 heterocycles. The molecule has 1 aliphatic heterocycles. The lowest BCUT2D eigenvalue weighted by Crippen LogP contribution is -2.38. The standard InChI is InChI=1S/C18H30N6O3Si/c1-28(2,3)9-8-27-13-24-17-15(10-21-24)16(19-12-20-17)22-14-6-4-5-7-23(11-14)18(25)26/h10,12,14H,4-9,11,13H2,1-3H3,(H,25,26)(H,19,20,22). The van der Waals surface area contributed by atoms with E-state index in [0.717, 1.165) is 37.3 Å². The van der Waals surface area contributed by atoms with Gasteiger partial charge in [0.25, 0.3) is 0 Å². The Morgan fingerprint density at radius 3 is 2.93 bits per heavy atom. The van der Waals surface area contributed by atoms with Crippen LogP contribution in [-0.2, 0) is 11.5 Å². The van der Waals surface area contributed by atoms with Gasteiger partial charge in [0.15, 0.2) is 5.65 Å². The van der Waals surface area contributed by atoms with Crippen molar-refractivity contribution in [2.75, 3.05) is 25.0 Å². The minimum absolute atomic E-state index is 0.0213. The van der Waals surface area contributed by atoms with Crippen molar-refractivity contribution in [2.24, 2.45) is 0 Å². The Balaban J connectivity index is 1.67. The van der Waals surface area contributed by atoms with E-state index < -0.39 is 14.2 Å². The SMILES string of the molecule is C[Si](C)(C)CCOCn1ncc2c(NC3CCCCN(C(=O)O)C3)ncnc21. The molecule has 1 aliphatic rings. The molecular formula is C18H30N6O3Si. The van der Waals surface area contributed by atoms with Gasteiger partial charge in [-0.1, -0.05) is 19.6 Å². The van der Waals surface area contributed by atoms with Crippen molar-refractivity contribution >= 4 is 31.0 Å². The number of hydrogen-bond acceptors (Lipinski definition) is 6. The van der Waals surface area contributed by atoms with E-state index in [1.54, 1.807) is 10.9 Å². The van der Waals surface area contributed by atoms with Crippen LogP contribution in [-0.4, -0.2) is 69.7 Å². The van der Waals surface area contributed by atoms with E-state index in [2.05, 4.69) is 40.0 Å². The van der Waals surface area contributed by atoms with E-state index in [1.807, 2.05) is 0 Å². The van der Waals surface area contributed by atoms with E-state index in [1.165, 1.54) is 11.2 Å². The largest absolute Gasteiger partial charge is 0.465 e. The quantitative estimate of drug-likeness (QED) is 0.537. The first-order valence-electron chi connectivity index (χ1n) is 9.82. The topological polar surface area (TPSA) is 105 Å². The van der Waals surface area contributed by atoms with Gasteiger partial charge < -0.3 is 20.1 Å². The van der Waals surface area contributed by atoms with Gasteiger partial charge in [-0.05, 0) is 25.3 Å². The fraction of sp³-hybridized carbons (Fsp3) is 0.667. The number of nitrogens with zero attached hydrogens (tertiary/aromatic N) is 5. The first-order chi connectivity index (χ1) is 13.3. The van der Waals surface area contributed by atoms with E-state index >= 15 is 0 Å². The van der Waals surface area contributed by atoms with Crippen LogP contribution < -0.4 is 5.32 Å². The Kier molecular flexibility index (Phi) is 6.50. The summed E-state index contributed by atoms with van der Waals surface area (Å²) >= 11 is 0. The molecule has 1 unspecified atom stereocenters. The van der Waals surface area contributed by atoms with Crippen molar-refractivity contribution in [1.29, 1.82) is 0 Å². The molecule has 1 saturated heterocycles. The highest BCUT2D eigenvalue weighted by molar-refractivity contribution is 6.76. The normalized spacial score (nSPS) is 18.2. The number of hydrogen-bond donors (Lipinski definition) is 2. The zero-order valence-electron chi connectivity index (χ0n) is 16.9. The Morgan fingerprint density at radius 1 is 1.36 bits per heavy atom. The number of anilines is 1. The number of carbonyl (C=O) groups is 1. The minimum Gasteiger partial charge on any atom is -0.465 e. The van der Waals surface area contributed by atoms with Crippen molar-refractivity contribution in [1.82, 2.24) is 24.6 Å². The minimum atomic E-state index is -1.12. The molecule has 10 heteroatoms. The first kappa shape index (κ1) is 20.5. The van der Waals surface area contributed by atoms with Gasteiger partial charge in [0.2, 0.25) is 0 Å². The van der Waals surface area contributed by atoms with Crippen molar-refractivity contribution in [3.05, 3.63) is 12.5 Å². The van der Waals surface area contributed by atoms with Gasteiger partial charge in [-0.25, -0.2) is 19.4 Å². The third kappa shape index (κ3) is 5.41. The molecule has 1 amide bonds. The summed E-state index contributed by atoms with van der Waals surface area (Å²) in [6.07, 6.45) is 5.16. The second-order valence-electron chi connectivity index (χ2n) is 8.52. The maximum absolute atomic E-state index is 11.4. The van der Waals surface area contributed by atoms with Crippen molar-refractivity contribution in [3.63, 3.8) is 0 Å². The second kappa shape index (κ2) is 8.87. The first-order valence-corrected chi connectivity index (χ1v) is 13.5. The predicted octanol–water partition coefficient (Wildman–Crippen LogP) is 3.08. The second-order valence-corrected chi connectivity index (χ2v) is 14.1. The molecule has 9 nitrogen and oxygen atoms in total. The van der Waals surface area contributed by atoms with Gasteiger partial charge in [0, 0.05) is 33.8 Å². The molecule has 2 aromatic rings. The van der Waals surface area contributed by atoms with E-state index in [0.29, 0.717) is 31.3 Å². The molecule has 2 N–H and O–H groups in total. The molecule has 0 aliphatic carbocycles. The van der Waals surface area contributed by atoms with Gasteiger partial charge >= 0.3 is 6.09 Å². The molecule has 0 saturated carbocycles. The number of likely N-dealkylation sites (tertiary alicyclic amines) is 1.